The van der Waals surface area contributed by atoms with Crippen LogP contribution in [0, 0.1) is 11.3 Å². The lowest BCUT2D eigenvalue weighted by molar-refractivity contribution is -0.118. The fraction of sp³-hybridized carbons (Fsp3) is 0.350. The first-order valence-electron chi connectivity index (χ1n) is 8.71. The number of para-hydroxylation sites is 3. The van der Waals surface area contributed by atoms with Crippen LogP contribution in [0.5, 0.6) is 11.5 Å². The molecule has 1 aliphatic heterocycles. The van der Waals surface area contributed by atoms with Crippen molar-refractivity contribution in [2.24, 2.45) is 11.3 Å². The number of benzene rings is 2. The number of carbonyl (C=O) groups excluding carboxylic acids is 1. The molecule has 1 saturated heterocycles. The largest absolute Gasteiger partial charge is 0.454 e. The molecular weight excluding hydrogens is 371 g/mol. The van der Waals surface area contributed by atoms with Crippen LogP contribution >= 0.6 is 24.0 Å². The van der Waals surface area contributed by atoms with Gasteiger partial charge in [-0.3, -0.25) is 4.79 Å². The highest BCUT2D eigenvalue weighted by Crippen LogP contribution is 2.58. The molecule has 2 aromatic rings. The summed E-state index contributed by atoms with van der Waals surface area (Å²) in [5.41, 5.74) is 0.900. The van der Waals surface area contributed by atoms with Gasteiger partial charge in [0.1, 0.15) is 5.75 Å². The highest BCUT2D eigenvalue weighted by atomic mass is 35.5. The average molecular weight is 393 g/mol. The molecule has 2 fully saturated rings. The Morgan fingerprint density at radius 2 is 1.73 bits per heavy atom. The van der Waals surface area contributed by atoms with Crippen LogP contribution in [0.3, 0.4) is 0 Å². The van der Waals surface area contributed by atoms with E-state index in [9.17, 15) is 4.79 Å². The number of amides is 1. The first-order chi connectivity index (χ1) is 12.2. The van der Waals surface area contributed by atoms with Crippen LogP contribution in [-0.2, 0) is 4.79 Å². The number of anilines is 1. The molecule has 6 heteroatoms. The highest BCUT2D eigenvalue weighted by molar-refractivity contribution is 6.32. The summed E-state index contributed by atoms with van der Waals surface area (Å²) < 4.78 is 5.92. The monoisotopic (exact) mass is 392 g/mol. The molecule has 1 atom stereocenters. The van der Waals surface area contributed by atoms with Gasteiger partial charge in [-0.15, -0.1) is 12.4 Å². The van der Waals surface area contributed by atoms with E-state index in [1.54, 1.807) is 6.07 Å². The van der Waals surface area contributed by atoms with Gasteiger partial charge in [0, 0.05) is 5.92 Å². The van der Waals surface area contributed by atoms with E-state index in [-0.39, 0.29) is 29.6 Å². The maximum Gasteiger partial charge on any atom is 0.228 e. The third kappa shape index (κ3) is 3.83. The van der Waals surface area contributed by atoms with E-state index in [0.29, 0.717) is 22.2 Å². The van der Waals surface area contributed by atoms with Crippen molar-refractivity contribution >= 4 is 35.6 Å². The van der Waals surface area contributed by atoms with Gasteiger partial charge in [0.25, 0.3) is 0 Å². The second-order valence-corrected chi connectivity index (χ2v) is 7.29. The van der Waals surface area contributed by atoms with E-state index >= 15 is 0 Å². The summed E-state index contributed by atoms with van der Waals surface area (Å²) in [5, 5.41) is 6.96. The van der Waals surface area contributed by atoms with Crippen molar-refractivity contribution in [3.05, 3.63) is 53.6 Å². The Morgan fingerprint density at radius 1 is 1.08 bits per heavy atom. The zero-order chi connectivity index (χ0) is 17.3. The molecule has 2 aliphatic rings. The van der Waals surface area contributed by atoms with Crippen LogP contribution < -0.4 is 15.4 Å². The summed E-state index contributed by atoms with van der Waals surface area (Å²) in [5.74, 6) is 1.39. The summed E-state index contributed by atoms with van der Waals surface area (Å²) >= 11 is 6.17. The predicted octanol–water partition coefficient (Wildman–Crippen LogP) is 4.88. The van der Waals surface area contributed by atoms with Gasteiger partial charge >= 0.3 is 0 Å². The minimum atomic E-state index is 0. The van der Waals surface area contributed by atoms with E-state index in [4.69, 9.17) is 16.3 Å². The summed E-state index contributed by atoms with van der Waals surface area (Å²) in [7, 11) is 0. The van der Waals surface area contributed by atoms with Crippen molar-refractivity contribution in [2.75, 3.05) is 18.4 Å². The van der Waals surface area contributed by atoms with Crippen molar-refractivity contribution in [2.45, 2.75) is 19.3 Å². The van der Waals surface area contributed by atoms with E-state index in [2.05, 4.69) is 10.6 Å². The fourth-order valence-corrected chi connectivity index (χ4v) is 3.89. The lowest BCUT2D eigenvalue weighted by atomic mass is 9.92. The molecule has 138 valence electrons. The van der Waals surface area contributed by atoms with E-state index < -0.39 is 0 Å². The predicted molar refractivity (Wildman–Crippen MR) is 106 cm³/mol. The Kier molecular flexibility index (Phi) is 5.76. The lowest BCUT2D eigenvalue weighted by Gasteiger charge is -2.23. The van der Waals surface area contributed by atoms with Crippen LogP contribution in [0.1, 0.15) is 19.3 Å². The molecule has 1 unspecified atom stereocenters. The normalized spacial score (nSPS) is 20.1. The molecule has 4 rings (SSSR count). The quantitative estimate of drug-likeness (QED) is 0.778. The summed E-state index contributed by atoms with van der Waals surface area (Å²) in [6, 6.07) is 14.8. The molecule has 1 saturated carbocycles. The Labute approximate surface area is 164 Å². The topological polar surface area (TPSA) is 50.4 Å². The first-order valence-corrected chi connectivity index (χ1v) is 9.09. The second-order valence-electron chi connectivity index (χ2n) is 6.89. The van der Waals surface area contributed by atoms with Crippen molar-refractivity contribution in [3.8, 4) is 11.5 Å². The maximum atomic E-state index is 12.7. The first kappa shape index (κ1) is 19.0. The molecule has 1 amide bonds. The van der Waals surface area contributed by atoms with E-state index in [1.165, 1.54) is 0 Å². The number of carbonyl (C=O) groups is 1. The standard InChI is InChI=1S/C20H21ClN2O2.ClH/c21-15-5-1-3-7-17(15)25-18-8-4-2-6-16(18)23-19(24)14-13-20(14)9-11-22-12-10-20;/h1-8,14,22H,9-13H2,(H,23,24);1H. The highest BCUT2D eigenvalue weighted by Gasteiger charge is 2.57. The zero-order valence-corrected chi connectivity index (χ0v) is 15.9. The molecule has 1 spiro atoms. The second kappa shape index (κ2) is 7.87. The average Bonchev–Trinajstić information content (AvgIpc) is 3.32. The van der Waals surface area contributed by atoms with Crippen molar-refractivity contribution in [3.63, 3.8) is 0 Å². The number of hydrogen-bond acceptors (Lipinski definition) is 3. The lowest BCUT2D eigenvalue weighted by Crippen LogP contribution is -2.31. The summed E-state index contributed by atoms with van der Waals surface area (Å²) in [4.78, 5) is 12.7. The molecular formula is C20H22Cl2N2O2. The van der Waals surface area contributed by atoms with Gasteiger partial charge in [-0.2, -0.15) is 0 Å². The third-order valence-electron chi connectivity index (χ3n) is 5.31. The Balaban J connectivity index is 0.00000196. The summed E-state index contributed by atoms with van der Waals surface area (Å²) in [6.45, 7) is 2.02. The molecule has 0 radical (unpaired) electrons. The SMILES string of the molecule is Cl.O=C(Nc1ccccc1Oc1ccccc1Cl)C1CC12CCNCC2. The minimum absolute atomic E-state index is 0. The van der Waals surface area contributed by atoms with Crippen molar-refractivity contribution in [1.82, 2.24) is 5.32 Å². The zero-order valence-electron chi connectivity index (χ0n) is 14.3. The van der Waals surface area contributed by atoms with Gasteiger partial charge in [-0.25, -0.2) is 0 Å². The molecule has 26 heavy (non-hydrogen) atoms. The number of piperidine rings is 1. The molecule has 2 aromatic carbocycles. The molecule has 0 aromatic heterocycles. The van der Waals surface area contributed by atoms with Gasteiger partial charge in [0.2, 0.25) is 5.91 Å². The van der Waals surface area contributed by atoms with E-state index in [1.807, 2.05) is 42.5 Å². The minimum Gasteiger partial charge on any atom is -0.454 e. The molecule has 1 aliphatic carbocycles. The number of hydrogen-bond donors (Lipinski definition) is 2. The third-order valence-corrected chi connectivity index (χ3v) is 5.62. The maximum absolute atomic E-state index is 12.7. The van der Waals surface area contributed by atoms with Gasteiger partial charge in [-0.1, -0.05) is 35.9 Å². The van der Waals surface area contributed by atoms with Crippen LogP contribution in [0.4, 0.5) is 5.69 Å². The molecule has 4 nitrogen and oxygen atoms in total. The van der Waals surface area contributed by atoms with Crippen LogP contribution in [-0.4, -0.2) is 19.0 Å². The smallest absolute Gasteiger partial charge is 0.228 e. The Hall–Kier alpha value is -1.75. The molecule has 2 N–H and O–H groups in total. The Morgan fingerprint density at radius 3 is 2.46 bits per heavy atom. The van der Waals surface area contributed by atoms with Gasteiger partial charge in [-0.05, 0) is 62.0 Å². The van der Waals surface area contributed by atoms with Crippen molar-refractivity contribution < 1.29 is 9.53 Å². The van der Waals surface area contributed by atoms with Crippen LogP contribution in [0.15, 0.2) is 48.5 Å². The van der Waals surface area contributed by atoms with Gasteiger partial charge < -0.3 is 15.4 Å². The molecule has 1 heterocycles. The van der Waals surface area contributed by atoms with Crippen LogP contribution in [0.25, 0.3) is 0 Å². The molecule has 0 bridgehead atoms. The number of rotatable bonds is 4. The van der Waals surface area contributed by atoms with E-state index in [0.717, 1.165) is 32.4 Å². The number of ether oxygens (including phenoxy) is 1. The number of halogens is 2. The van der Waals surface area contributed by atoms with Crippen LogP contribution in [0.2, 0.25) is 5.02 Å². The van der Waals surface area contributed by atoms with Crippen molar-refractivity contribution in [1.29, 1.82) is 0 Å². The Bertz CT molecular complexity index is 791. The van der Waals surface area contributed by atoms with Gasteiger partial charge in [0.05, 0.1) is 10.7 Å². The fourth-order valence-electron chi connectivity index (χ4n) is 3.72. The number of nitrogens with one attached hydrogen (secondary N) is 2. The van der Waals surface area contributed by atoms with Gasteiger partial charge in [0.15, 0.2) is 5.75 Å². The summed E-state index contributed by atoms with van der Waals surface area (Å²) in [6.07, 6.45) is 3.17.